The Kier molecular flexibility index (Phi) is 4.02. The second kappa shape index (κ2) is 6.19. The molecule has 0 spiro atoms. The van der Waals surface area contributed by atoms with Gasteiger partial charge in [0, 0.05) is 24.2 Å². The summed E-state index contributed by atoms with van der Waals surface area (Å²) in [6, 6.07) is 2.80. The monoisotopic (exact) mass is 326 g/mol. The van der Waals surface area contributed by atoms with Gasteiger partial charge in [0.2, 0.25) is 0 Å². The van der Waals surface area contributed by atoms with Crippen LogP contribution in [-0.2, 0) is 0 Å². The third-order valence-corrected chi connectivity index (χ3v) is 5.68. The first-order chi connectivity index (χ1) is 11.6. The van der Waals surface area contributed by atoms with E-state index in [1.807, 2.05) is 17.2 Å². The highest BCUT2D eigenvalue weighted by Crippen LogP contribution is 2.31. The van der Waals surface area contributed by atoms with Crippen molar-refractivity contribution in [1.82, 2.24) is 19.7 Å². The molecule has 3 heterocycles. The normalized spacial score (nSPS) is 22.1. The lowest BCUT2D eigenvalue weighted by Gasteiger charge is -2.27. The van der Waals surface area contributed by atoms with E-state index in [0.29, 0.717) is 23.6 Å². The van der Waals surface area contributed by atoms with E-state index >= 15 is 0 Å². The maximum absolute atomic E-state index is 12.9. The van der Waals surface area contributed by atoms with Crippen LogP contribution in [0.25, 0.3) is 11.0 Å². The third-order valence-electron chi connectivity index (χ3n) is 5.68. The molecule has 128 valence electrons. The number of pyridine rings is 1. The van der Waals surface area contributed by atoms with Crippen LogP contribution in [0.1, 0.15) is 68.8 Å². The Morgan fingerprint density at radius 2 is 1.96 bits per heavy atom. The molecule has 0 N–H and O–H groups in total. The molecular weight excluding hydrogens is 300 g/mol. The van der Waals surface area contributed by atoms with Gasteiger partial charge in [0.25, 0.3) is 5.91 Å². The Balaban J connectivity index is 1.62. The van der Waals surface area contributed by atoms with Crippen LogP contribution in [0.2, 0.25) is 0 Å². The van der Waals surface area contributed by atoms with Gasteiger partial charge in [-0.3, -0.25) is 4.79 Å². The van der Waals surface area contributed by atoms with E-state index in [-0.39, 0.29) is 5.91 Å². The molecule has 1 saturated carbocycles. The third kappa shape index (κ3) is 2.60. The minimum atomic E-state index is 0.120. The van der Waals surface area contributed by atoms with E-state index in [2.05, 4.69) is 28.6 Å². The molecule has 5 heteroatoms. The molecule has 0 radical (unpaired) electrons. The lowest BCUT2D eigenvalue weighted by atomic mass is 10.0. The highest BCUT2D eigenvalue weighted by Gasteiger charge is 2.31. The average Bonchev–Trinajstić information content (AvgIpc) is 3.31. The van der Waals surface area contributed by atoms with Gasteiger partial charge in [0.1, 0.15) is 0 Å². The molecular formula is C19H26N4O. The van der Waals surface area contributed by atoms with Crippen LogP contribution in [0.3, 0.4) is 0 Å². The molecule has 0 aromatic carbocycles. The summed E-state index contributed by atoms with van der Waals surface area (Å²) in [4.78, 5) is 19.6. The van der Waals surface area contributed by atoms with Crippen LogP contribution in [-0.4, -0.2) is 38.2 Å². The van der Waals surface area contributed by atoms with Crippen molar-refractivity contribution in [3.05, 3.63) is 24.0 Å². The number of likely N-dealkylation sites (tertiary alicyclic amines) is 1. The van der Waals surface area contributed by atoms with E-state index in [0.717, 1.165) is 30.4 Å². The summed E-state index contributed by atoms with van der Waals surface area (Å²) < 4.78 is 2.06. The Labute approximate surface area is 143 Å². The standard InChI is InChI=1S/C19H26N4O/c1-13(2)17-8-5-9-22(17)19(24)15-10-14-12-21-23(18(14)20-11-15)16-6-3-4-7-16/h10-13,16-17H,3-9H2,1-2H3/t17-/m1/s1. The summed E-state index contributed by atoms with van der Waals surface area (Å²) >= 11 is 0. The molecule has 1 aliphatic heterocycles. The van der Waals surface area contributed by atoms with Crippen LogP contribution in [0.5, 0.6) is 0 Å². The summed E-state index contributed by atoms with van der Waals surface area (Å²) in [5, 5.41) is 5.53. The number of amides is 1. The van der Waals surface area contributed by atoms with Crippen molar-refractivity contribution < 1.29 is 4.79 Å². The van der Waals surface area contributed by atoms with Crippen molar-refractivity contribution in [1.29, 1.82) is 0 Å². The number of carbonyl (C=O) groups excluding carboxylic acids is 1. The second-order valence-corrected chi connectivity index (χ2v) is 7.62. The zero-order chi connectivity index (χ0) is 16.7. The summed E-state index contributed by atoms with van der Waals surface area (Å²) in [5.74, 6) is 0.618. The number of rotatable bonds is 3. The lowest BCUT2D eigenvalue weighted by molar-refractivity contribution is 0.0701. The molecule has 2 aliphatic rings. The molecule has 4 rings (SSSR count). The molecule has 24 heavy (non-hydrogen) atoms. The number of nitrogens with zero attached hydrogens (tertiary/aromatic N) is 4. The minimum Gasteiger partial charge on any atom is -0.335 e. The first kappa shape index (κ1) is 15.6. The second-order valence-electron chi connectivity index (χ2n) is 7.62. The fraction of sp³-hybridized carbons (Fsp3) is 0.632. The molecule has 1 atom stereocenters. The topological polar surface area (TPSA) is 51.0 Å². The first-order valence-corrected chi connectivity index (χ1v) is 9.29. The van der Waals surface area contributed by atoms with Crippen molar-refractivity contribution >= 4 is 16.9 Å². The highest BCUT2D eigenvalue weighted by atomic mass is 16.2. The molecule has 1 saturated heterocycles. The predicted octanol–water partition coefficient (Wildman–Crippen LogP) is 3.81. The maximum Gasteiger partial charge on any atom is 0.255 e. The molecule has 2 fully saturated rings. The molecule has 5 nitrogen and oxygen atoms in total. The largest absolute Gasteiger partial charge is 0.335 e. The van der Waals surface area contributed by atoms with E-state index in [1.165, 1.54) is 25.7 Å². The smallest absolute Gasteiger partial charge is 0.255 e. The average molecular weight is 326 g/mol. The highest BCUT2D eigenvalue weighted by molar-refractivity contribution is 5.97. The van der Waals surface area contributed by atoms with Gasteiger partial charge >= 0.3 is 0 Å². The first-order valence-electron chi connectivity index (χ1n) is 9.29. The number of hydrogen-bond donors (Lipinski definition) is 0. The lowest BCUT2D eigenvalue weighted by Crippen LogP contribution is -2.38. The molecule has 2 aromatic heterocycles. The van der Waals surface area contributed by atoms with Crippen LogP contribution >= 0.6 is 0 Å². The molecule has 1 aliphatic carbocycles. The van der Waals surface area contributed by atoms with Gasteiger partial charge in [-0.2, -0.15) is 5.10 Å². The zero-order valence-corrected chi connectivity index (χ0v) is 14.6. The summed E-state index contributed by atoms with van der Waals surface area (Å²) in [6.45, 7) is 5.26. The molecule has 0 unspecified atom stereocenters. The van der Waals surface area contributed by atoms with Crippen molar-refractivity contribution in [2.24, 2.45) is 5.92 Å². The maximum atomic E-state index is 12.9. The Morgan fingerprint density at radius 3 is 2.71 bits per heavy atom. The van der Waals surface area contributed by atoms with Crippen LogP contribution < -0.4 is 0 Å². The van der Waals surface area contributed by atoms with Crippen molar-refractivity contribution in [3.8, 4) is 0 Å². The van der Waals surface area contributed by atoms with Crippen molar-refractivity contribution in [3.63, 3.8) is 0 Å². The van der Waals surface area contributed by atoms with Gasteiger partial charge in [-0.25, -0.2) is 9.67 Å². The number of carbonyl (C=O) groups is 1. The van der Waals surface area contributed by atoms with E-state index in [1.54, 1.807) is 6.20 Å². The Hall–Kier alpha value is -1.91. The predicted molar refractivity (Wildman–Crippen MR) is 93.9 cm³/mol. The van der Waals surface area contributed by atoms with Crippen molar-refractivity contribution in [2.75, 3.05) is 6.54 Å². The van der Waals surface area contributed by atoms with Gasteiger partial charge in [0.15, 0.2) is 5.65 Å². The van der Waals surface area contributed by atoms with Crippen molar-refractivity contribution in [2.45, 2.75) is 64.5 Å². The van der Waals surface area contributed by atoms with Gasteiger partial charge in [-0.15, -0.1) is 0 Å². The minimum absolute atomic E-state index is 0.120. The number of hydrogen-bond acceptors (Lipinski definition) is 3. The molecule has 1 amide bonds. The quantitative estimate of drug-likeness (QED) is 0.862. The van der Waals surface area contributed by atoms with Gasteiger partial charge < -0.3 is 4.90 Å². The molecule has 0 bridgehead atoms. The van der Waals surface area contributed by atoms with E-state index in [9.17, 15) is 4.79 Å². The SMILES string of the molecule is CC(C)[C@H]1CCCN1C(=O)c1cnc2c(cnn2C2CCCC2)c1. The number of aromatic nitrogens is 3. The van der Waals surface area contributed by atoms with Crippen LogP contribution in [0.4, 0.5) is 0 Å². The van der Waals surface area contributed by atoms with Crippen LogP contribution in [0.15, 0.2) is 18.5 Å². The zero-order valence-electron chi connectivity index (χ0n) is 14.6. The fourth-order valence-corrected chi connectivity index (χ4v) is 4.38. The summed E-state index contributed by atoms with van der Waals surface area (Å²) in [5.41, 5.74) is 1.61. The van der Waals surface area contributed by atoms with Gasteiger partial charge in [0.05, 0.1) is 17.8 Å². The van der Waals surface area contributed by atoms with Gasteiger partial charge in [-0.05, 0) is 37.7 Å². The summed E-state index contributed by atoms with van der Waals surface area (Å²) in [7, 11) is 0. The van der Waals surface area contributed by atoms with Gasteiger partial charge in [-0.1, -0.05) is 26.7 Å². The number of fused-ring (bicyclic) bond motifs is 1. The van der Waals surface area contributed by atoms with E-state index in [4.69, 9.17) is 0 Å². The Bertz CT molecular complexity index is 745. The van der Waals surface area contributed by atoms with E-state index < -0.39 is 0 Å². The Morgan fingerprint density at radius 1 is 1.17 bits per heavy atom. The van der Waals surface area contributed by atoms with Crippen LogP contribution in [0, 0.1) is 5.92 Å². The molecule has 2 aromatic rings. The fourth-order valence-electron chi connectivity index (χ4n) is 4.38. The summed E-state index contributed by atoms with van der Waals surface area (Å²) in [6.07, 6.45) is 10.7.